The molecular formula is C22H24FN5O3. The van der Waals surface area contributed by atoms with E-state index in [0.717, 1.165) is 11.6 Å². The Hall–Kier alpha value is -3.88. The predicted octanol–water partition coefficient (Wildman–Crippen LogP) is 2.89. The van der Waals surface area contributed by atoms with Crippen molar-refractivity contribution < 1.29 is 18.7 Å². The maximum Gasteiger partial charge on any atom is 0.255 e. The average Bonchev–Trinajstić information content (AvgIpc) is 3.10. The molecule has 0 bridgehead atoms. The topological polar surface area (TPSA) is 125 Å². The lowest BCUT2D eigenvalue weighted by molar-refractivity contribution is 0.0946. The van der Waals surface area contributed by atoms with Gasteiger partial charge in [-0.1, -0.05) is 24.3 Å². The third-order valence-corrected chi connectivity index (χ3v) is 4.77. The van der Waals surface area contributed by atoms with Gasteiger partial charge in [0.1, 0.15) is 28.6 Å². The van der Waals surface area contributed by atoms with E-state index < -0.39 is 17.6 Å². The standard InChI is InChI=1S/C22H24FN5O3/c1-12(2)28-20(24)18(21(25)29)19(27-28)14-6-4-13(5-7-14)11-26-22(30)16-10-15(23)8-9-17(16)31-3/h4-10,12H,11,24H2,1-3H3,(H2,25,29)(H,26,30). The van der Waals surface area contributed by atoms with E-state index in [1.54, 1.807) is 28.9 Å². The summed E-state index contributed by atoms with van der Waals surface area (Å²) >= 11 is 0. The molecule has 8 nitrogen and oxygen atoms in total. The fraction of sp³-hybridized carbons (Fsp3) is 0.227. The quantitative estimate of drug-likeness (QED) is 0.537. The maximum atomic E-state index is 13.5. The number of halogens is 1. The van der Waals surface area contributed by atoms with Crippen molar-refractivity contribution in [1.82, 2.24) is 15.1 Å². The summed E-state index contributed by atoms with van der Waals surface area (Å²) in [6.07, 6.45) is 0. The first kappa shape index (κ1) is 21.8. The second-order valence-electron chi connectivity index (χ2n) is 7.24. The van der Waals surface area contributed by atoms with E-state index in [-0.39, 0.29) is 35.3 Å². The highest BCUT2D eigenvalue weighted by molar-refractivity contribution is 6.03. The molecule has 3 aromatic rings. The third kappa shape index (κ3) is 4.50. The molecule has 0 aliphatic carbocycles. The van der Waals surface area contributed by atoms with Crippen LogP contribution in [-0.2, 0) is 6.54 Å². The number of nitrogen functional groups attached to an aromatic ring is 1. The molecule has 0 unspecified atom stereocenters. The second-order valence-corrected chi connectivity index (χ2v) is 7.24. The zero-order chi connectivity index (χ0) is 22.7. The molecule has 0 saturated carbocycles. The van der Waals surface area contributed by atoms with E-state index >= 15 is 0 Å². The van der Waals surface area contributed by atoms with Crippen LogP contribution in [0.2, 0.25) is 0 Å². The lowest BCUT2D eigenvalue weighted by atomic mass is 10.0. The van der Waals surface area contributed by atoms with E-state index in [0.29, 0.717) is 11.3 Å². The monoisotopic (exact) mass is 425 g/mol. The van der Waals surface area contributed by atoms with Crippen LogP contribution >= 0.6 is 0 Å². The number of nitrogens with two attached hydrogens (primary N) is 2. The number of primary amides is 1. The molecule has 9 heteroatoms. The van der Waals surface area contributed by atoms with E-state index in [4.69, 9.17) is 16.2 Å². The zero-order valence-corrected chi connectivity index (χ0v) is 17.5. The van der Waals surface area contributed by atoms with Crippen molar-refractivity contribution in [3.05, 3.63) is 65.0 Å². The summed E-state index contributed by atoms with van der Waals surface area (Å²) in [5.41, 5.74) is 13.7. The molecule has 5 N–H and O–H groups in total. The number of methoxy groups -OCH3 is 1. The summed E-state index contributed by atoms with van der Waals surface area (Å²) in [6.45, 7) is 4.01. The van der Waals surface area contributed by atoms with Crippen molar-refractivity contribution in [2.75, 3.05) is 12.8 Å². The number of nitrogens with one attached hydrogen (secondary N) is 1. The lowest BCUT2D eigenvalue weighted by Crippen LogP contribution is -2.23. The van der Waals surface area contributed by atoms with Gasteiger partial charge in [0, 0.05) is 18.2 Å². The van der Waals surface area contributed by atoms with Gasteiger partial charge in [-0.2, -0.15) is 5.10 Å². The highest BCUT2D eigenvalue weighted by Crippen LogP contribution is 2.29. The van der Waals surface area contributed by atoms with Crippen LogP contribution in [0.4, 0.5) is 10.2 Å². The fourth-order valence-electron chi connectivity index (χ4n) is 3.20. The number of anilines is 1. The number of amides is 2. The first-order valence-corrected chi connectivity index (χ1v) is 9.61. The summed E-state index contributed by atoms with van der Waals surface area (Å²) < 4.78 is 20.2. The molecule has 0 aliphatic rings. The summed E-state index contributed by atoms with van der Waals surface area (Å²) in [5, 5.41) is 7.18. The smallest absolute Gasteiger partial charge is 0.255 e. The minimum absolute atomic E-state index is 0.0406. The summed E-state index contributed by atoms with van der Waals surface area (Å²) in [7, 11) is 1.41. The molecule has 0 radical (unpaired) electrons. The molecule has 3 rings (SSSR count). The number of carbonyl (C=O) groups excluding carboxylic acids is 2. The molecule has 0 atom stereocenters. The van der Waals surface area contributed by atoms with Crippen molar-refractivity contribution in [1.29, 1.82) is 0 Å². The van der Waals surface area contributed by atoms with Gasteiger partial charge >= 0.3 is 0 Å². The van der Waals surface area contributed by atoms with E-state index in [1.165, 1.54) is 19.2 Å². The molecule has 0 fully saturated rings. The number of benzene rings is 2. The summed E-state index contributed by atoms with van der Waals surface area (Å²) in [5.74, 6) is -1.13. The van der Waals surface area contributed by atoms with Gasteiger partial charge in [-0.15, -0.1) is 0 Å². The zero-order valence-electron chi connectivity index (χ0n) is 17.5. The van der Waals surface area contributed by atoms with Crippen molar-refractivity contribution in [3.8, 4) is 17.0 Å². The molecule has 0 saturated heterocycles. The molecule has 1 aromatic heterocycles. The molecule has 1 heterocycles. The number of hydrogen-bond donors (Lipinski definition) is 3. The van der Waals surface area contributed by atoms with Gasteiger partial charge in [-0.3, -0.25) is 9.59 Å². The number of aromatic nitrogens is 2. The van der Waals surface area contributed by atoms with Gasteiger partial charge in [-0.25, -0.2) is 9.07 Å². The minimum atomic E-state index is -0.653. The number of rotatable bonds is 7. The second kappa shape index (κ2) is 8.86. The van der Waals surface area contributed by atoms with Crippen molar-refractivity contribution in [3.63, 3.8) is 0 Å². The van der Waals surface area contributed by atoms with Crippen LogP contribution < -0.4 is 21.5 Å². The Morgan fingerprint density at radius 1 is 1.19 bits per heavy atom. The normalized spacial score (nSPS) is 10.9. The van der Waals surface area contributed by atoms with Gasteiger partial charge in [0.25, 0.3) is 11.8 Å². The van der Waals surface area contributed by atoms with Crippen LogP contribution in [0.1, 0.15) is 46.2 Å². The predicted molar refractivity (Wildman–Crippen MR) is 115 cm³/mol. The molecule has 162 valence electrons. The summed E-state index contributed by atoms with van der Waals surface area (Å²) in [6, 6.07) is 10.8. The van der Waals surface area contributed by atoms with Gasteiger partial charge in [-0.05, 0) is 37.6 Å². The van der Waals surface area contributed by atoms with Crippen molar-refractivity contribution >= 4 is 17.6 Å². The molecule has 2 aromatic carbocycles. The number of carbonyl (C=O) groups is 2. The number of nitrogens with zero attached hydrogens (tertiary/aromatic N) is 2. The summed E-state index contributed by atoms with van der Waals surface area (Å²) in [4.78, 5) is 24.3. The Labute approximate surface area is 179 Å². The van der Waals surface area contributed by atoms with Crippen LogP contribution in [0.15, 0.2) is 42.5 Å². The Morgan fingerprint density at radius 2 is 1.87 bits per heavy atom. The lowest BCUT2D eigenvalue weighted by Gasteiger charge is -2.10. The average molecular weight is 425 g/mol. The van der Waals surface area contributed by atoms with Gasteiger partial charge in [0.2, 0.25) is 0 Å². The first-order valence-electron chi connectivity index (χ1n) is 9.61. The highest BCUT2D eigenvalue weighted by atomic mass is 19.1. The van der Waals surface area contributed by atoms with E-state index in [9.17, 15) is 14.0 Å². The maximum absolute atomic E-state index is 13.5. The molecule has 0 aliphatic heterocycles. The van der Waals surface area contributed by atoms with Crippen molar-refractivity contribution in [2.24, 2.45) is 5.73 Å². The Kier molecular flexibility index (Phi) is 6.24. The molecule has 0 spiro atoms. The Balaban J connectivity index is 1.79. The van der Waals surface area contributed by atoms with Gasteiger partial charge in [0.15, 0.2) is 0 Å². The number of ether oxygens (including phenoxy) is 1. The van der Waals surface area contributed by atoms with Gasteiger partial charge in [0.05, 0.1) is 12.7 Å². The van der Waals surface area contributed by atoms with Gasteiger partial charge < -0.3 is 21.5 Å². The highest BCUT2D eigenvalue weighted by Gasteiger charge is 2.22. The van der Waals surface area contributed by atoms with Crippen LogP contribution in [0.25, 0.3) is 11.3 Å². The van der Waals surface area contributed by atoms with E-state index in [2.05, 4.69) is 10.4 Å². The first-order chi connectivity index (χ1) is 14.7. The largest absolute Gasteiger partial charge is 0.496 e. The van der Waals surface area contributed by atoms with Crippen molar-refractivity contribution in [2.45, 2.75) is 26.4 Å². The SMILES string of the molecule is COc1ccc(F)cc1C(=O)NCc1ccc(-c2nn(C(C)C)c(N)c2C(N)=O)cc1. The Morgan fingerprint density at radius 3 is 2.45 bits per heavy atom. The Bertz CT molecular complexity index is 1120. The van der Waals surface area contributed by atoms with Crippen LogP contribution in [-0.4, -0.2) is 28.7 Å². The minimum Gasteiger partial charge on any atom is -0.496 e. The molecule has 2 amide bonds. The van der Waals surface area contributed by atoms with Crippen LogP contribution in [0, 0.1) is 5.82 Å². The molecule has 31 heavy (non-hydrogen) atoms. The van der Waals surface area contributed by atoms with E-state index in [1.807, 2.05) is 13.8 Å². The number of hydrogen-bond acceptors (Lipinski definition) is 5. The van der Waals surface area contributed by atoms with Crippen LogP contribution in [0.5, 0.6) is 5.75 Å². The van der Waals surface area contributed by atoms with Crippen LogP contribution in [0.3, 0.4) is 0 Å². The third-order valence-electron chi connectivity index (χ3n) is 4.77. The molecular weight excluding hydrogens is 401 g/mol. The fourth-order valence-corrected chi connectivity index (χ4v) is 3.20.